The molecule has 1 aromatic carbocycles. The van der Waals surface area contributed by atoms with Gasteiger partial charge in [0.1, 0.15) is 0 Å². The average molecular weight is 727 g/mol. The van der Waals surface area contributed by atoms with Crippen LogP contribution in [0.25, 0.3) is 0 Å². The first-order valence-corrected chi connectivity index (χ1v) is 13.9. The number of hydrogen-bond donors (Lipinski definition) is 3. The van der Waals surface area contributed by atoms with Gasteiger partial charge < -0.3 is 20.2 Å². The second kappa shape index (κ2) is 16.9. The second-order valence-electron chi connectivity index (χ2n) is 10.3. The van der Waals surface area contributed by atoms with Gasteiger partial charge in [0.15, 0.2) is 0 Å². The van der Waals surface area contributed by atoms with Crippen molar-refractivity contribution in [3.8, 4) is 0 Å². The van der Waals surface area contributed by atoms with Gasteiger partial charge in [-0.05, 0) is 42.7 Å². The lowest BCUT2D eigenvalue weighted by Crippen LogP contribution is -2.51. The van der Waals surface area contributed by atoms with Crippen molar-refractivity contribution in [1.82, 2.24) is 19.8 Å². The van der Waals surface area contributed by atoms with Gasteiger partial charge in [-0.25, -0.2) is 14.4 Å². The number of carbonyl (C=O) groups is 4. The van der Waals surface area contributed by atoms with Crippen LogP contribution in [0.1, 0.15) is 40.2 Å². The molecule has 20 heteroatoms. The standard InChI is InChI=1S/C24H24N4O.3C2HF3O2/c29-23-21-10-6-14-26-22(21)24(28(23)17-19-7-2-1-3-8-19)11-15-27(16-12-24)18-20-9-4-5-13-25-20;3*3-2(4,5)1(6)7/h1-10,13-14H,11-12,15-18H2;3*(H,6,7). The third-order valence-electron chi connectivity index (χ3n) is 6.95. The van der Waals surface area contributed by atoms with E-state index in [-0.39, 0.29) is 11.4 Å². The molecule has 0 radical (unpaired) electrons. The van der Waals surface area contributed by atoms with Crippen molar-refractivity contribution in [2.75, 3.05) is 13.1 Å². The highest BCUT2D eigenvalue weighted by atomic mass is 19.4. The normalized spacial score (nSPS) is 15.3. The Bertz CT molecular complexity index is 1540. The van der Waals surface area contributed by atoms with Crippen molar-refractivity contribution in [1.29, 1.82) is 0 Å². The molecule has 3 aromatic rings. The Hall–Kier alpha value is -5.27. The summed E-state index contributed by atoms with van der Waals surface area (Å²) in [6, 6.07) is 20.1. The zero-order valence-corrected chi connectivity index (χ0v) is 25.3. The average Bonchev–Trinajstić information content (AvgIpc) is 3.25. The predicted molar refractivity (Wildman–Crippen MR) is 152 cm³/mol. The number of piperidine rings is 1. The summed E-state index contributed by atoms with van der Waals surface area (Å²) >= 11 is 0. The fraction of sp³-hybridized carbons (Fsp3) is 0.333. The van der Waals surface area contributed by atoms with E-state index < -0.39 is 36.4 Å². The number of aromatic nitrogens is 2. The largest absolute Gasteiger partial charge is 0.490 e. The number of nitrogens with zero attached hydrogens (tertiary/aromatic N) is 4. The van der Waals surface area contributed by atoms with E-state index >= 15 is 0 Å². The number of aliphatic carboxylic acids is 3. The van der Waals surface area contributed by atoms with E-state index in [1.165, 1.54) is 0 Å². The molecule has 1 amide bonds. The highest BCUT2D eigenvalue weighted by Gasteiger charge is 2.52. The zero-order chi connectivity index (χ0) is 37.9. The van der Waals surface area contributed by atoms with Gasteiger partial charge in [0, 0.05) is 38.6 Å². The molecule has 5 rings (SSSR count). The number of amides is 1. The number of likely N-dealkylation sites (tertiary alicyclic amines) is 1. The van der Waals surface area contributed by atoms with Gasteiger partial charge in [-0.3, -0.25) is 19.7 Å². The Morgan fingerprint density at radius 1 is 0.660 bits per heavy atom. The maximum Gasteiger partial charge on any atom is 0.490 e. The quantitative estimate of drug-likeness (QED) is 0.292. The van der Waals surface area contributed by atoms with E-state index in [2.05, 4.69) is 33.0 Å². The lowest BCUT2D eigenvalue weighted by atomic mass is 9.83. The van der Waals surface area contributed by atoms with Gasteiger partial charge >= 0.3 is 36.4 Å². The van der Waals surface area contributed by atoms with Crippen LogP contribution in [-0.4, -0.2) is 90.5 Å². The van der Waals surface area contributed by atoms with E-state index in [0.29, 0.717) is 6.54 Å². The third kappa shape index (κ3) is 11.7. The summed E-state index contributed by atoms with van der Waals surface area (Å²) in [7, 11) is 0. The van der Waals surface area contributed by atoms with Crippen molar-refractivity contribution in [3.05, 3.63) is 95.6 Å². The minimum Gasteiger partial charge on any atom is -0.475 e. The van der Waals surface area contributed by atoms with Crippen LogP contribution >= 0.6 is 0 Å². The third-order valence-corrected chi connectivity index (χ3v) is 6.95. The zero-order valence-electron chi connectivity index (χ0n) is 25.3. The number of carbonyl (C=O) groups excluding carboxylic acids is 1. The maximum absolute atomic E-state index is 13.3. The van der Waals surface area contributed by atoms with Gasteiger partial charge in [-0.1, -0.05) is 36.4 Å². The number of hydrogen-bond acceptors (Lipinski definition) is 7. The molecule has 2 aliphatic heterocycles. The fourth-order valence-electron chi connectivity index (χ4n) is 4.71. The van der Waals surface area contributed by atoms with Gasteiger partial charge in [0.05, 0.1) is 22.5 Å². The van der Waals surface area contributed by atoms with Gasteiger partial charge in [0.2, 0.25) is 0 Å². The summed E-state index contributed by atoms with van der Waals surface area (Å²) in [5, 5.41) is 21.4. The number of carboxylic acids is 3. The lowest BCUT2D eigenvalue weighted by molar-refractivity contribution is -0.193. The molecule has 2 aliphatic rings. The number of rotatable bonds is 4. The van der Waals surface area contributed by atoms with Crippen molar-refractivity contribution < 1.29 is 74.0 Å². The topological polar surface area (TPSA) is 161 Å². The van der Waals surface area contributed by atoms with E-state index in [1.807, 2.05) is 54.9 Å². The van der Waals surface area contributed by atoms with Crippen LogP contribution in [0.15, 0.2) is 73.1 Å². The predicted octanol–water partition coefficient (Wildman–Crippen LogP) is 5.52. The van der Waals surface area contributed by atoms with E-state index in [9.17, 15) is 44.3 Å². The van der Waals surface area contributed by atoms with Crippen molar-refractivity contribution in [3.63, 3.8) is 0 Å². The molecule has 1 spiro atoms. The summed E-state index contributed by atoms with van der Waals surface area (Å²) in [6.45, 7) is 3.31. The molecule has 0 unspecified atom stereocenters. The van der Waals surface area contributed by atoms with E-state index in [0.717, 1.165) is 55.0 Å². The number of benzene rings is 1. The van der Waals surface area contributed by atoms with E-state index in [1.54, 1.807) is 0 Å². The van der Waals surface area contributed by atoms with Crippen LogP contribution in [0.3, 0.4) is 0 Å². The van der Waals surface area contributed by atoms with Crippen molar-refractivity contribution in [2.24, 2.45) is 0 Å². The first kappa shape index (κ1) is 40.9. The monoisotopic (exact) mass is 726 g/mol. The molecule has 0 atom stereocenters. The molecule has 11 nitrogen and oxygen atoms in total. The van der Waals surface area contributed by atoms with Crippen LogP contribution in [0, 0.1) is 0 Å². The van der Waals surface area contributed by atoms with Crippen LogP contribution < -0.4 is 0 Å². The second-order valence-corrected chi connectivity index (χ2v) is 10.3. The van der Waals surface area contributed by atoms with Crippen molar-refractivity contribution in [2.45, 2.75) is 50.0 Å². The summed E-state index contributed by atoms with van der Waals surface area (Å²) in [4.78, 5) is 53.7. The molecule has 272 valence electrons. The minimum absolute atomic E-state index is 0.107. The van der Waals surface area contributed by atoms with Crippen LogP contribution in [0.2, 0.25) is 0 Å². The summed E-state index contributed by atoms with van der Waals surface area (Å²) in [5.74, 6) is -8.16. The number of pyridine rings is 2. The highest BCUT2D eigenvalue weighted by molar-refractivity contribution is 5.99. The number of alkyl halides is 9. The maximum atomic E-state index is 13.3. The molecule has 50 heavy (non-hydrogen) atoms. The molecule has 1 saturated heterocycles. The summed E-state index contributed by atoms with van der Waals surface area (Å²) in [6.07, 6.45) is -9.80. The Morgan fingerprint density at radius 3 is 1.56 bits per heavy atom. The molecule has 0 saturated carbocycles. The number of halogens is 9. The van der Waals surface area contributed by atoms with Crippen molar-refractivity contribution >= 4 is 23.8 Å². The first-order valence-electron chi connectivity index (χ1n) is 13.9. The SMILES string of the molecule is O=C(O)C(F)(F)F.O=C(O)C(F)(F)F.O=C(O)C(F)(F)F.O=C1c2cccnc2C2(CCN(Cc3ccccn3)CC2)N1Cc1ccccc1. The Kier molecular flexibility index (Phi) is 13.8. The Morgan fingerprint density at radius 2 is 1.12 bits per heavy atom. The first-order chi connectivity index (χ1) is 23.1. The smallest absolute Gasteiger partial charge is 0.475 e. The Balaban J connectivity index is 0.000000338. The molecule has 3 N–H and O–H groups in total. The lowest BCUT2D eigenvalue weighted by Gasteiger charge is -2.44. The van der Waals surface area contributed by atoms with Gasteiger partial charge in [-0.15, -0.1) is 0 Å². The summed E-state index contributed by atoms with van der Waals surface area (Å²) in [5.41, 5.74) is 3.65. The molecular weight excluding hydrogens is 699 g/mol. The van der Waals surface area contributed by atoms with Crippen LogP contribution in [0.4, 0.5) is 39.5 Å². The molecular formula is C30H27F9N4O7. The Labute approximate surface area is 276 Å². The molecule has 2 aromatic heterocycles. The molecule has 0 aliphatic carbocycles. The minimum atomic E-state index is -5.08. The number of carboxylic acid groups (broad SMARTS) is 3. The summed E-state index contributed by atoms with van der Waals surface area (Å²) < 4.78 is 95.2. The van der Waals surface area contributed by atoms with Gasteiger partial charge in [0.25, 0.3) is 5.91 Å². The van der Waals surface area contributed by atoms with Crippen LogP contribution in [-0.2, 0) is 33.0 Å². The fourth-order valence-corrected chi connectivity index (χ4v) is 4.71. The van der Waals surface area contributed by atoms with Crippen LogP contribution in [0.5, 0.6) is 0 Å². The van der Waals surface area contributed by atoms with E-state index in [4.69, 9.17) is 34.7 Å². The molecule has 1 fully saturated rings. The number of fused-ring (bicyclic) bond motifs is 2. The van der Waals surface area contributed by atoms with Gasteiger partial charge in [-0.2, -0.15) is 39.5 Å². The molecule has 4 heterocycles. The highest BCUT2D eigenvalue weighted by Crippen LogP contribution is 2.46. The molecule has 0 bridgehead atoms.